The molecular formula is C24H26N4OS. The Morgan fingerprint density at radius 1 is 0.900 bits per heavy atom. The number of carbonyl (C=O) groups excluding carboxylic acids is 1. The predicted molar refractivity (Wildman–Crippen MR) is 121 cm³/mol. The number of hydrogen-bond donors (Lipinski definition) is 1. The van der Waals surface area contributed by atoms with Gasteiger partial charge in [0, 0.05) is 17.2 Å². The van der Waals surface area contributed by atoms with Gasteiger partial charge in [-0.05, 0) is 19.8 Å². The summed E-state index contributed by atoms with van der Waals surface area (Å²) in [7, 11) is 0. The molecule has 1 amide bonds. The Hall–Kier alpha value is -2.73. The highest BCUT2D eigenvalue weighted by Gasteiger charge is 2.22. The van der Waals surface area contributed by atoms with Gasteiger partial charge in [0.05, 0.1) is 5.25 Å². The maximum Gasteiger partial charge on any atom is 0.233 e. The van der Waals surface area contributed by atoms with E-state index in [0.29, 0.717) is 11.2 Å². The highest BCUT2D eigenvalue weighted by molar-refractivity contribution is 8.00. The minimum absolute atomic E-state index is 0.0453. The van der Waals surface area contributed by atoms with Gasteiger partial charge in [-0.2, -0.15) is 0 Å². The lowest BCUT2D eigenvalue weighted by molar-refractivity contribution is -0.121. The van der Waals surface area contributed by atoms with E-state index >= 15 is 0 Å². The van der Waals surface area contributed by atoms with Crippen LogP contribution in [0.2, 0.25) is 0 Å². The highest BCUT2D eigenvalue weighted by Crippen LogP contribution is 2.30. The Bertz CT molecular complexity index is 975. The number of carbonyl (C=O) groups is 1. The number of aromatic nitrogens is 3. The minimum atomic E-state index is -0.278. The van der Waals surface area contributed by atoms with Crippen LogP contribution < -0.4 is 5.32 Å². The molecule has 1 atom stereocenters. The number of hydrogen-bond acceptors (Lipinski definition) is 5. The number of nitrogens with zero attached hydrogens (tertiary/aromatic N) is 3. The van der Waals surface area contributed by atoms with Gasteiger partial charge in [0.15, 0.2) is 0 Å². The summed E-state index contributed by atoms with van der Waals surface area (Å²) in [4.78, 5) is 17.4. The van der Waals surface area contributed by atoms with Crippen LogP contribution in [0.25, 0.3) is 22.5 Å². The zero-order valence-electron chi connectivity index (χ0n) is 17.1. The van der Waals surface area contributed by atoms with Gasteiger partial charge in [-0.25, -0.2) is 4.98 Å². The van der Waals surface area contributed by atoms with E-state index in [2.05, 4.69) is 15.5 Å². The van der Waals surface area contributed by atoms with Gasteiger partial charge in [0.1, 0.15) is 11.4 Å². The second-order valence-electron chi connectivity index (χ2n) is 7.63. The predicted octanol–water partition coefficient (Wildman–Crippen LogP) is 5.14. The summed E-state index contributed by atoms with van der Waals surface area (Å²) in [6.07, 6.45) is 5.81. The molecule has 0 unspecified atom stereocenters. The molecule has 1 N–H and O–H groups in total. The molecule has 5 nitrogen and oxygen atoms in total. The van der Waals surface area contributed by atoms with Gasteiger partial charge in [0.25, 0.3) is 0 Å². The lowest BCUT2D eigenvalue weighted by atomic mass is 9.95. The molecule has 1 aliphatic rings. The summed E-state index contributed by atoms with van der Waals surface area (Å²) in [5.74, 6) is 0.0453. The quantitative estimate of drug-likeness (QED) is 0.562. The van der Waals surface area contributed by atoms with Crippen LogP contribution >= 0.6 is 11.8 Å². The van der Waals surface area contributed by atoms with Crippen molar-refractivity contribution in [2.45, 2.75) is 55.5 Å². The molecule has 3 aromatic rings. The number of thioether (sulfide) groups is 1. The van der Waals surface area contributed by atoms with Crippen LogP contribution in [0, 0.1) is 0 Å². The summed E-state index contributed by atoms with van der Waals surface area (Å²) in [5, 5.41) is 12.2. The lowest BCUT2D eigenvalue weighted by Crippen LogP contribution is -2.40. The maximum atomic E-state index is 12.7. The Morgan fingerprint density at radius 2 is 1.50 bits per heavy atom. The number of nitrogens with one attached hydrogen (secondary N) is 1. The van der Waals surface area contributed by atoms with Gasteiger partial charge < -0.3 is 5.32 Å². The first kappa shape index (κ1) is 20.5. The van der Waals surface area contributed by atoms with E-state index in [1.54, 1.807) is 0 Å². The Labute approximate surface area is 181 Å². The van der Waals surface area contributed by atoms with Gasteiger partial charge in [0.2, 0.25) is 11.1 Å². The van der Waals surface area contributed by atoms with Crippen molar-refractivity contribution in [2.75, 3.05) is 0 Å². The van der Waals surface area contributed by atoms with Crippen molar-refractivity contribution in [1.29, 1.82) is 0 Å². The zero-order chi connectivity index (χ0) is 20.8. The Kier molecular flexibility index (Phi) is 6.74. The van der Waals surface area contributed by atoms with E-state index in [1.165, 1.54) is 31.0 Å². The summed E-state index contributed by atoms with van der Waals surface area (Å²) in [6, 6.07) is 20.2. The zero-order valence-corrected chi connectivity index (χ0v) is 17.9. The van der Waals surface area contributed by atoms with Crippen molar-refractivity contribution >= 4 is 17.7 Å². The van der Waals surface area contributed by atoms with Crippen molar-refractivity contribution in [3.05, 3.63) is 60.7 Å². The summed E-state index contributed by atoms with van der Waals surface area (Å²) in [6.45, 7) is 1.90. The molecule has 154 valence electrons. The van der Waals surface area contributed by atoms with Crippen molar-refractivity contribution in [1.82, 2.24) is 20.5 Å². The van der Waals surface area contributed by atoms with Crippen molar-refractivity contribution in [3.8, 4) is 22.5 Å². The molecule has 0 bridgehead atoms. The third-order valence-electron chi connectivity index (χ3n) is 5.36. The second-order valence-corrected chi connectivity index (χ2v) is 8.94. The number of rotatable bonds is 6. The van der Waals surface area contributed by atoms with Crippen molar-refractivity contribution in [2.24, 2.45) is 0 Å². The first-order valence-corrected chi connectivity index (χ1v) is 11.4. The van der Waals surface area contributed by atoms with E-state index in [4.69, 9.17) is 4.98 Å². The second kappa shape index (κ2) is 9.85. The molecule has 6 heteroatoms. The van der Waals surface area contributed by atoms with E-state index in [1.807, 2.05) is 67.6 Å². The summed E-state index contributed by atoms with van der Waals surface area (Å²) in [5.41, 5.74) is 3.47. The molecule has 1 heterocycles. The first-order chi connectivity index (χ1) is 14.7. The Balaban J connectivity index is 1.56. The van der Waals surface area contributed by atoms with Crippen LogP contribution in [0.5, 0.6) is 0 Å². The summed E-state index contributed by atoms with van der Waals surface area (Å²) < 4.78 is 0. The molecule has 4 rings (SSSR count). The molecule has 1 saturated carbocycles. The van der Waals surface area contributed by atoms with Gasteiger partial charge in [-0.3, -0.25) is 4.79 Å². The third-order valence-corrected chi connectivity index (χ3v) is 6.32. The normalized spacial score (nSPS) is 15.5. The molecular weight excluding hydrogens is 392 g/mol. The van der Waals surface area contributed by atoms with Crippen LogP contribution in [-0.2, 0) is 4.79 Å². The van der Waals surface area contributed by atoms with Crippen molar-refractivity contribution in [3.63, 3.8) is 0 Å². The molecule has 30 heavy (non-hydrogen) atoms. The highest BCUT2D eigenvalue weighted by atomic mass is 32.2. The average molecular weight is 419 g/mol. The fourth-order valence-corrected chi connectivity index (χ4v) is 4.45. The molecule has 0 radical (unpaired) electrons. The number of amides is 1. The standard InChI is InChI=1S/C24H26N4OS/c1-17(23(29)25-20-15-9-4-10-16-20)30-24-26-21(18-11-5-2-6-12-18)22(27-28-24)19-13-7-3-8-14-19/h2-3,5-8,11-14,17,20H,4,9-10,15-16H2,1H3,(H,25,29)/t17-/m0/s1. The summed E-state index contributed by atoms with van der Waals surface area (Å²) >= 11 is 1.36. The fourth-order valence-electron chi connectivity index (χ4n) is 3.73. The van der Waals surface area contributed by atoms with Crippen LogP contribution in [0.15, 0.2) is 65.8 Å². The smallest absolute Gasteiger partial charge is 0.233 e. The fraction of sp³-hybridized carbons (Fsp3) is 0.333. The van der Waals surface area contributed by atoms with E-state index in [-0.39, 0.29) is 11.2 Å². The lowest BCUT2D eigenvalue weighted by Gasteiger charge is -2.24. The molecule has 1 aliphatic carbocycles. The third kappa shape index (κ3) is 5.05. The van der Waals surface area contributed by atoms with Crippen LogP contribution in [0.3, 0.4) is 0 Å². The average Bonchev–Trinajstić information content (AvgIpc) is 2.81. The topological polar surface area (TPSA) is 67.8 Å². The SMILES string of the molecule is C[C@H](Sc1nnc(-c2ccccc2)c(-c2ccccc2)n1)C(=O)NC1CCCCC1. The number of benzene rings is 2. The van der Waals surface area contributed by atoms with Crippen LogP contribution in [-0.4, -0.2) is 32.4 Å². The monoisotopic (exact) mass is 418 g/mol. The van der Waals surface area contributed by atoms with E-state index in [0.717, 1.165) is 35.4 Å². The van der Waals surface area contributed by atoms with Gasteiger partial charge in [-0.15, -0.1) is 10.2 Å². The minimum Gasteiger partial charge on any atom is -0.352 e. The van der Waals surface area contributed by atoms with E-state index in [9.17, 15) is 4.79 Å². The first-order valence-electron chi connectivity index (χ1n) is 10.5. The molecule has 1 aromatic heterocycles. The maximum absolute atomic E-state index is 12.7. The van der Waals surface area contributed by atoms with Gasteiger partial charge in [-0.1, -0.05) is 91.7 Å². The molecule has 0 saturated heterocycles. The van der Waals surface area contributed by atoms with Crippen LogP contribution in [0.1, 0.15) is 39.0 Å². The van der Waals surface area contributed by atoms with Crippen LogP contribution in [0.4, 0.5) is 0 Å². The van der Waals surface area contributed by atoms with Gasteiger partial charge >= 0.3 is 0 Å². The molecule has 0 spiro atoms. The molecule has 2 aromatic carbocycles. The van der Waals surface area contributed by atoms with Crippen molar-refractivity contribution < 1.29 is 4.79 Å². The molecule has 0 aliphatic heterocycles. The molecule has 1 fully saturated rings. The largest absolute Gasteiger partial charge is 0.352 e. The Morgan fingerprint density at radius 3 is 2.13 bits per heavy atom. The van der Waals surface area contributed by atoms with E-state index < -0.39 is 0 Å².